The molecule has 0 spiro atoms. The van der Waals surface area contributed by atoms with E-state index < -0.39 is 0 Å². The largest absolute Gasteiger partial charge is 0.256 e. The lowest BCUT2D eigenvalue weighted by Gasteiger charge is -2.17. The molecule has 0 aliphatic heterocycles. The van der Waals surface area contributed by atoms with Crippen LogP contribution in [-0.2, 0) is 0 Å². The van der Waals surface area contributed by atoms with Crippen LogP contribution >= 0.6 is 22.7 Å². The SMILES string of the molecule is c1ccc2c(-c3cc(-c4nccs4)ccn3)c3ccccc3c(-c3cc(-c4nccs4)ccn3)c2c1. The number of thiazole rings is 2. The van der Waals surface area contributed by atoms with Gasteiger partial charge < -0.3 is 0 Å². The Balaban J connectivity index is 1.54. The van der Waals surface area contributed by atoms with Crippen LogP contribution in [0.3, 0.4) is 0 Å². The summed E-state index contributed by atoms with van der Waals surface area (Å²) in [6.07, 6.45) is 7.43. The summed E-state index contributed by atoms with van der Waals surface area (Å²) in [5.74, 6) is 0. The highest BCUT2D eigenvalue weighted by Gasteiger charge is 2.18. The van der Waals surface area contributed by atoms with E-state index in [1.165, 1.54) is 0 Å². The number of aromatic nitrogens is 4. The predicted molar refractivity (Wildman–Crippen MR) is 150 cm³/mol. The lowest BCUT2D eigenvalue weighted by atomic mass is 9.88. The predicted octanol–water partition coefficient (Wildman–Crippen LogP) is 8.36. The van der Waals surface area contributed by atoms with Crippen molar-refractivity contribution in [3.05, 3.63) is 108 Å². The molecular formula is C30H18N4S2. The van der Waals surface area contributed by atoms with E-state index in [-0.39, 0.29) is 0 Å². The number of nitrogens with zero attached hydrogens (tertiary/aromatic N) is 4. The maximum atomic E-state index is 4.82. The summed E-state index contributed by atoms with van der Waals surface area (Å²) >= 11 is 3.27. The fraction of sp³-hybridized carbons (Fsp3) is 0. The molecule has 0 bridgehead atoms. The lowest BCUT2D eigenvalue weighted by molar-refractivity contribution is 1.32. The first-order chi connectivity index (χ1) is 17.9. The van der Waals surface area contributed by atoms with Crippen LogP contribution in [0, 0.1) is 0 Å². The fourth-order valence-corrected chi connectivity index (χ4v) is 6.08. The molecule has 36 heavy (non-hydrogen) atoms. The first-order valence-electron chi connectivity index (χ1n) is 11.5. The molecule has 0 saturated heterocycles. The first kappa shape index (κ1) is 21.1. The summed E-state index contributed by atoms with van der Waals surface area (Å²) in [5.41, 5.74) is 6.27. The molecule has 0 fully saturated rings. The number of benzene rings is 3. The molecule has 170 valence electrons. The minimum Gasteiger partial charge on any atom is -0.256 e. The van der Waals surface area contributed by atoms with Crippen LogP contribution in [0.4, 0.5) is 0 Å². The molecule has 3 aromatic carbocycles. The van der Waals surface area contributed by atoms with Crippen LogP contribution < -0.4 is 0 Å². The zero-order chi connectivity index (χ0) is 23.9. The molecule has 6 heteroatoms. The van der Waals surface area contributed by atoms with Crippen molar-refractivity contribution in [1.82, 2.24) is 19.9 Å². The van der Waals surface area contributed by atoms with E-state index in [1.54, 1.807) is 22.7 Å². The zero-order valence-corrected chi connectivity index (χ0v) is 20.6. The smallest absolute Gasteiger partial charge is 0.123 e. The maximum absolute atomic E-state index is 4.82. The Bertz CT molecular complexity index is 1650. The van der Waals surface area contributed by atoms with E-state index in [1.807, 2.05) is 47.7 Å². The van der Waals surface area contributed by atoms with E-state index in [2.05, 4.69) is 70.6 Å². The molecule has 7 aromatic rings. The molecule has 0 N–H and O–H groups in total. The molecule has 0 amide bonds. The maximum Gasteiger partial charge on any atom is 0.123 e. The van der Waals surface area contributed by atoms with Gasteiger partial charge in [0.25, 0.3) is 0 Å². The molecule has 4 nitrogen and oxygen atoms in total. The molecule has 4 aromatic heterocycles. The number of hydrogen-bond acceptors (Lipinski definition) is 6. The molecule has 4 heterocycles. The normalized spacial score (nSPS) is 11.3. The quantitative estimate of drug-likeness (QED) is 0.229. The third-order valence-corrected chi connectivity index (χ3v) is 7.97. The van der Waals surface area contributed by atoms with Gasteiger partial charge in [0.15, 0.2) is 0 Å². The third-order valence-electron chi connectivity index (χ3n) is 6.32. The van der Waals surface area contributed by atoms with E-state index in [9.17, 15) is 0 Å². The van der Waals surface area contributed by atoms with Gasteiger partial charge in [0, 0.05) is 57.8 Å². The molecule has 0 saturated carbocycles. The van der Waals surface area contributed by atoms with Crippen molar-refractivity contribution in [3.63, 3.8) is 0 Å². The lowest BCUT2D eigenvalue weighted by Crippen LogP contribution is -1.94. The first-order valence-corrected chi connectivity index (χ1v) is 13.3. The van der Waals surface area contributed by atoms with Crippen molar-refractivity contribution in [2.45, 2.75) is 0 Å². The van der Waals surface area contributed by atoms with Crippen molar-refractivity contribution < 1.29 is 0 Å². The highest BCUT2D eigenvalue weighted by molar-refractivity contribution is 7.13. The van der Waals surface area contributed by atoms with Crippen LogP contribution in [-0.4, -0.2) is 19.9 Å². The molecule has 0 atom stereocenters. The van der Waals surface area contributed by atoms with Gasteiger partial charge in [0.05, 0.1) is 11.4 Å². The summed E-state index contributed by atoms with van der Waals surface area (Å²) in [6, 6.07) is 25.4. The molecular weight excluding hydrogens is 480 g/mol. The summed E-state index contributed by atoms with van der Waals surface area (Å²) in [4.78, 5) is 18.7. The number of rotatable bonds is 4. The average molecular weight is 499 g/mol. The van der Waals surface area contributed by atoms with Crippen LogP contribution in [0.25, 0.3) is 65.2 Å². The Hall–Kier alpha value is -4.26. The van der Waals surface area contributed by atoms with Crippen molar-refractivity contribution in [3.8, 4) is 43.7 Å². The van der Waals surface area contributed by atoms with E-state index in [4.69, 9.17) is 9.97 Å². The van der Waals surface area contributed by atoms with Crippen LogP contribution in [0.2, 0.25) is 0 Å². The Morgan fingerprint density at radius 3 is 1.22 bits per heavy atom. The van der Waals surface area contributed by atoms with Gasteiger partial charge in [-0.15, -0.1) is 22.7 Å². The summed E-state index contributed by atoms with van der Waals surface area (Å²) in [5, 5.41) is 10.6. The third kappa shape index (κ3) is 3.50. The van der Waals surface area contributed by atoms with E-state index in [0.717, 1.165) is 65.2 Å². The molecule has 0 aliphatic carbocycles. The van der Waals surface area contributed by atoms with Gasteiger partial charge in [-0.2, -0.15) is 0 Å². The minimum atomic E-state index is 0.936. The monoisotopic (exact) mass is 498 g/mol. The van der Waals surface area contributed by atoms with Crippen molar-refractivity contribution in [1.29, 1.82) is 0 Å². The van der Waals surface area contributed by atoms with Crippen molar-refractivity contribution in [2.24, 2.45) is 0 Å². The van der Waals surface area contributed by atoms with Gasteiger partial charge in [-0.3, -0.25) is 9.97 Å². The standard InChI is InChI=1S/C30H18N4S2/c1-2-6-22-21(5-1)27(25-17-19(9-11-31-25)29-33-13-15-35-29)23-7-3-4-8-24(23)28(22)26-18-20(10-12-32-26)30-34-14-16-36-30/h1-18H. The topological polar surface area (TPSA) is 51.6 Å². The molecule has 0 unspecified atom stereocenters. The second kappa shape index (κ2) is 8.75. The summed E-state index contributed by atoms with van der Waals surface area (Å²) in [6.45, 7) is 0. The van der Waals surface area contributed by atoms with Gasteiger partial charge in [0.2, 0.25) is 0 Å². The second-order valence-electron chi connectivity index (χ2n) is 8.38. The molecule has 0 aliphatic rings. The Morgan fingerprint density at radius 2 is 0.861 bits per heavy atom. The van der Waals surface area contributed by atoms with Gasteiger partial charge in [-0.05, 0) is 45.8 Å². The fourth-order valence-electron chi connectivity index (χ4n) is 4.81. The highest BCUT2D eigenvalue weighted by Crippen LogP contribution is 2.43. The number of hydrogen-bond donors (Lipinski definition) is 0. The van der Waals surface area contributed by atoms with E-state index >= 15 is 0 Å². The van der Waals surface area contributed by atoms with Gasteiger partial charge in [0.1, 0.15) is 10.0 Å². The Morgan fingerprint density at radius 1 is 0.444 bits per heavy atom. The van der Waals surface area contributed by atoms with Crippen molar-refractivity contribution in [2.75, 3.05) is 0 Å². The van der Waals surface area contributed by atoms with Crippen molar-refractivity contribution >= 4 is 44.2 Å². The van der Waals surface area contributed by atoms with Crippen LogP contribution in [0.1, 0.15) is 0 Å². The van der Waals surface area contributed by atoms with Crippen LogP contribution in [0.15, 0.2) is 108 Å². The Kier molecular flexibility index (Phi) is 5.12. The highest BCUT2D eigenvalue weighted by atomic mass is 32.1. The summed E-state index contributed by atoms with van der Waals surface area (Å²) < 4.78 is 0. The molecule has 7 rings (SSSR count). The molecule has 0 radical (unpaired) electrons. The minimum absolute atomic E-state index is 0.936. The Labute approximate surface area is 215 Å². The number of fused-ring (bicyclic) bond motifs is 2. The number of pyridine rings is 2. The van der Waals surface area contributed by atoms with E-state index in [0.29, 0.717) is 0 Å². The van der Waals surface area contributed by atoms with Crippen LogP contribution in [0.5, 0.6) is 0 Å². The average Bonchev–Trinajstić information content (AvgIpc) is 3.67. The van der Waals surface area contributed by atoms with Gasteiger partial charge >= 0.3 is 0 Å². The summed E-state index contributed by atoms with van der Waals surface area (Å²) in [7, 11) is 0. The zero-order valence-electron chi connectivity index (χ0n) is 19.0. The van der Waals surface area contributed by atoms with Gasteiger partial charge in [-0.25, -0.2) is 9.97 Å². The second-order valence-corrected chi connectivity index (χ2v) is 10.2. The van der Waals surface area contributed by atoms with Gasteiger partial charge in [-0.1, -0.05) is 48.5 Å².